The van der Waals surface area contributed by atoms with Crippen molar-refractivity contribution in [2.24, 2.45) is 0 Å². The zero-order valence-corrected chi connectivity index (χ0v) is 21.0. The number of hydrogen-bond donors (Lipinski definition) is 0. The second-order valence-electron chi connectivity index (χ2n) is 8.00. The van der Waals surface area contributed by atoms with Crippen LogP contribution in [0.25, 0.3) is 0 Å². The van der Waals surface area contributed by atoms with E-state index in [1.54, 1.807) is 0 Å². The van der Waals surface area contributed by atoms with Crippen LogP contribution in [0.2, 0.25) is 0 Å². The molecule has 0 saturated carbocycles. The third-order valence-electron chi connectivity index (χ3n) is 5.84. The Morgan fingerprint density at radius 2 is 1.61 bits per heavy atom. The number of amides is 1. The molecule has 5 nitrogen and oxygen atoms in total. The molecule has 0 spiro atoms. The summed E-state index contributed by atoms with van der Waals surface area (Å²) in [4.78, 5) is 17.3. The van der Waals surface area contributed by atoms with Gasteiger partial charge in [0.25, 0.3) is 5.91 Å². The number of benzene rings is 2. The van der Waals surface area contributed by atoms with Crippen LogP contribution in [0, 0.1) is 13.8 Å². The van der Waals surface area contributed by atoms with Crippen LogP contribution in [-0.4, -0.2) is 51.7 Å². The Morgan fingerprint density at radius 1 is 0.935 bits per heavy atom. The molecule has 2 heterocycles. The minimum Gasteiger partial charge on any atom is -0.336 e. The first kappa shape index (κ1) is 22.2. The summed E-state index contributed by atoms with van der Waals surface area (Å²) in [5.41, 5.74) is 5.26. The minimum atomic E-state index is 0.112. The molecule has 3 aromatic rings. The normalized spacial score (nSPS) is 14.8. The molecule has 0 bridgehead atoms. The van der Waals surface area contributed by atoms with Crippen molar-refractivity contribution in [3.05, 3.63) is 85.6 Å². The Morgan fingerprint density at radius 3 is 2.23 bits per heavy atom. The van der Waals surface area contributed by atoms with Gasteiger partial charge < -0.3 is 4.90 Å². The standard InChI is InChI=1S/C24H26Br2N4O/c1-17-23(26)18(2)30(27-17)15-19-7-9-20(10-8-19)24(31)29-13-11-28(12-14-29)16-21-5-3-4-6-22(21)25/h3-10H,11-16H2,1-2H3. The molecule has 1 aliphatic heterocycles. The average molecular weight is 546 g/mol. The lowest BCUT2D eigenvalue weighted by Gasteiger charge is -2.35. The van der Waals surface area contributed by atoms with Gasteiger partial charge in [0.1, 0.15) is 0 Å². The second kappa shape index (κ2) is 9.67. The van der Waals surface area contributed by atoms with Gasteiger partial charge in [-0.05, 0) is 59.1 Å². The monoisotopic (exact) mass is 544 g/mol. The first-order valence-corrected chi connectivity index (χ1v) is 12.0. The van der Waals surface area contributed by atoms with E-state index in [1.165, 1.54) is 5.56 Å². The Hall–Kier alpha value is -1.96. The van der Waals surface area contributed by atoms with Crippen molar-refractivity contribution in [2.45, 2.75) is 26.9 Å². The van der Waals surface area contributed by atoms with Gasteiger partial charge in [0.2, 0.25) is 0 Å². The lowest BCUT2D eigenvalue weighted by Crippen LogP contribution is -2.48. The van der Waals surface area contributed by atoms with E-state index in [9.17, 15) is 4.79 Å². The number of carbonyl (C=O) groups excluding carboxylic acids is 1. The molecule has 1 aliphatic rings. The first-order chi connectivity index (χ1) is 14.9. The van der Waals surface area contributed by atoms with E-state index in [-0.39, 0.29) is 5.91 Å². The average Bonchev–Trinajstić information content (AvgIpc) is 3.02. The van der Waals surface area contributed by atoms with Crippen molar-refractivity contribution in [2.75, 3.05) is 26.2 Å². The second-order valence-corrected chi connectivity index (χ2v) is 9.65. The van der Waals surface area contributed by atoms with E-state index in [4.69, 9.17) is 0 Å². The quantitative estimate of drug-likeness (QED) is 0.451. The van der Waals surface area contributed by atoms with Gasteiger partial charge in [-0.25, -0.2) is 0 Å². The Labute approximate surface area is 200 Å². The maximum Gasteiger partial charge on any atom is 0.253 e. The molecule has 1 fully saturated rings. The van der Waals surface area contributed by atoms with E-state index in [2.05, 4.69) is 67.0 Å². The largest absolute Gasteiger partial charge is 0.336 e. The van der Waals surface area contributed by atoms with Gasteiger partial charge >= 0.3 is 0 Å². The smallest absolute Gasteiger partial charge is 0.253 e. The van der Waals surface area contributed by atoms with Crippen molar-refractivity contribution in [3.8, 4) is 0 Å². The van der Waals surface area contributed by atoms with Crippen molar-refractivity contribution in [1.29, 1.82) is 0 Å². The fourth-order valence-electron chi connectivity index (χ4n) is 3.91. The van der Waals surface area contributed by atoms with Gasteiger partial charge in [-0.15, -0.1) is 0 Å². The highest BCUT2D eigenvalue weighted by molar-refractivity contribution is 9.10. The molecule has 0 atom stereocenters. The van der Waals surface area contributed by atoms with Crippen molar-refractivity contribution in [1.82, 2.24) is 19.6 Å². The number of aromatic nitrogens is 2. The van der Waals surface area contributed by atoms with Crippen molar-refractivity contribution < 1.29 is 4.79 Å². The molecule has 0 radical (unpaired) electrons. The third kappa shape index (κ3) is 5.10. The highest BCUT2D eigenvalue weighted by Gasteiger charge is 2.22. The van der Waals surface area contributed by atoms with E-state index >= 15 is 0 Å². The predicted octanol–water partition coefficient (Wildman–Crippen LogP) is 5.03. The summed E-state index contributed by atoms with van der Waals surface area (Å²) in [6.45, 7) is 8.93. The molecule has 0 N–H and O–H groups in total. The Balaban J connectivity index is 1.33. The summed E-state index contributed by atoms with van der Waals surface area (Å²) in [5, 5.41) is 4.57. The number of rotatable bonds is 5. The molecule has 7 heteroatoms. The molecular weight excluding hydrogens is 520 g/mol. The summed E-state index contributed by atoms with van der Waals surface area (Å²) in [5.74, 6) is 0.112. The molecule has 31 heavy (non-hydrogen) atoms. The van der Waals surface area contributed by atoms with E-state index < -0.39 is 0 Å². The van der Waals surface area contributed by atoms with Gasteiger partial charge in [-0.1, -0.05) is 46.3 Å². The maximum absolute atomic E-state index is 13.0. The van der Waals surface area contributed by atoms with Crippen LogP contribution in [0.4, 0.5) is 0 Å². The summed E-state index contributed by atoms with van der Waals surface area (Å²) >= 11 is 7.20. The third-order valence-corrected chi connectivity index (χ3v) is 7.76. The van der Waals surface area contributed by atoms with E-state index in [1.807, 2.05) is 46.8 Å². The van der Waals surface area contributed by atoms with Crippen LogP contribution in [-0.2, 0) is 13.1 Å². The summed E-state index contributed by atoms with van der Waals surface area (Å²) < 4.78 is 4.18. The topological polar surface area (TPSA) is 41.4 Å². The number of piperazine rings is 1. The Bertz CT molecular complexity index is 1070. The zero-order chi connectivity index (χ0) is 22.0. The molecule has 0 unspecified atom stereocenters. The van der Waals surface area contributed by atoms with E-state index in [0.29, 0.717) is 6.54 Å². The number of halogens is 2. The molecule has 162 valence electrons. The minimum absolute atomic E-state index is 0.112. The fraction of sp³-hybridized carbons (Fsp3) is 0.333. The van der Waals surface area contributed by atoms with Gasteiger partial charge in [0, 0.05) is 42.8 Å². The van der Waals surface area contributed by atoms with E-state index in [0.717, 1.165) is 64.2 Å². The summed E-state index contributed by atoms with van der Waals surface area (Å²) in [7, 11) is 0. The lowest BCUT2D eigenvalue weighted by molar-refractivity contribution is 0.0628. The predicted molar refractivity (Wildman–Crippen MR) is 130 cm³/mol. The first-order valence-electron chi connectivity index (χ1n) is 10.5. The van der Waals surface area contributed by atoms with Gasteiger partial charge in [0.05, 0.1) is 22.4 Å². The van der Waals surface area contributed by atoms with Gasteiger partial charge in [-0.2, -0.15) is 5.10 Å². The van der Waals surface area contributed by atoms with Gasteiger partial charge in [0.15, 0.2) is 0 Å². The van der Waals surface area contributed by atoms with Crippen LogP contribution in [0.1, 0.15) is 32.9 Å². The lowest BCUT2D eigenvalue weighted by atomic mass is 10.1. The number of nitrogens with zero attached hydrogens (tertiary/aromatic N) is 4. The fourth-order valence-corrected chi connectivity index (χ4v) is 4.61. The molecule has 2 aromatic carbocycles. The Kier molecular flexibility index (Phi) is 6.94. The van der Waals surface area contributed by atoms with Crippen molar-refractivity contribution in [3.63, 3.8) is 0 Å². The molecule has 1 saturated heterocycles. The molecule has 4 rings (SSSR count). The number of hydrogen-bond acceptors (Lipinski definition) is 3. The highest BCUT2D eigenvalue weighted by Crippen LogP contribution is 2.21. The molecule has 1 amide bonds. The molecule has 1 aromatic heterocycles. The summed E-state index contributed by atoms with van der Waals surface area (Å²) in [6, 6.07) is 16.3. The van der Waals surface area contributed by atoms with Gasteiger partial charge in [-0.3, -0.25) is 14.4 Å². The van der Waals surface area contributed by atoms with Crippen LogP contribution in [0.5, 0.6) is 0 Å². The number of aryl methyl sites for hydroxylation is 1. The van der Waals surface area contributed by atoms with Crippen LogP contribution in [0.3, 0.4) is 0 Å². The van der Waals surface area contributed by atoms with Crippen LogP contribution in [0.15, 0.2) is 57.5 Å². The number of carbonyl (C=O) groups is 1. The SMILES string of the molecule is Cc1nn(Cc2ccc(C(=O)N3CCN(Cc4ccccc4Br)CC3)cc2)c(C)c1Br. The molecular formula is C24H26Br2N4O. The van der Waals surface area contributed by atoms with Crippen LogP contribution < -0.4 is 0 Å². The zero-order valence-electron chi connectivity index (χ0n) is 17.8. The highest BCUT2D eigenvalue weighted by atomic mass is 79.9. The van der Waals surface area contributed by atoms with Crippen LogP contribution >= 0.6 is 31.9 Å². The maximum atomic E-state index is 13.0. The van der Waals surface area contributed by atoms with Crippen molar-refractivity contribution >= 4 is 37.8 Å². The molecule has 0 aliphatic carbocycles. The summed E-state index contributed by atoms with van der Waals surface area (Å²) in [6.07, 6.45) is 0.